The molecule has 88 valence electrons. The maximum absolute atomic E-state index is 4.56. The van der Waals surface area contributed by atoms with Gasteiger partial charge in [0, 0.05) is 11.5 Å². The Bertz CT molecular complexity index is 179. The highest BCUT2D eigenvalue weighted by molar-refractivity contribution is 8.01. The van der Waals surface area contributed by atoms with Crippen LogP contribution in [0.15, 0.2) is 4.99 Å². The van der Waals surface area contributed by atoms with E-state index in [0.717, 1.165) is 0 Å². The second-order valence-electron chi connectivity index (χ2n) is 4.39. The zero-order chi connectivity index (χ0) is 10.9. The fraction of sp³-hybridized carbons (Fsp3) is 0.923. The summed E-state index contributed by atoms with van der Waals surface area (Å²) < 4.78 is 0. The fourth-order valence-electron chi connectivity index (χ4n) is 1.91. The number of rotatable bonds is 8. The van der Waals surface area contributed by atoms with Gasteiger partial charge in [0.15, 0.2) is 0 Å². The molecular formula is C13H25NS. The Morgan fingerprint density at radius 1 is 1.07 bits per heavy atom. The molecule has 15 heavy (non-hydrogen) atoms. The third kappa shape index (κ3) is 5.60. The SMILES string of the molecule is CCCCCCCCC1N=CC(CC)S1. The van der Waals surface area contributed by atoms with Crippen LogP contribution in [-0.2, 0) is 0 Å². The predicted molar refractivity (Wildman–Crippen MR) is 71.9 cm³/mol. The molecule has 2 heteroatoms. The normalized spacial score (nSPS) is 24.9. The molecule has 0 spiro atoms. The second-order valence-corrected chi connectivity index (χ2v) is 5.81. The van der Waals surface area contributed by atoms with Crippen molar-refractivity contribution in [3.63, 3.8) is 0 Å². The van der Waals surface area contributed by atoms with Crippen molar-refractivity contribution in [2.24, 2.45) is 4.99 Å². The monoisotopic (exact) mass is 227 g/mol. The van der Waals surface area contributed by atoms with Crippen molar-refractivity contribution < 1.29 is 0 Å². The lowest BCUT2D eigenvalue weighted by molar-refractivity contribution is 0.586. The van der Waals surface area contributed by atoms with Crippen LogP contribution in [0, 0.1) is 0 Å². The van der Waals surface area contributed by atoms with Gasteiger partial charge in [-0.25, -0.2) is 0 Å². The van der Waals surface area contributed by atoms with Crippen LogP contribution in [0.3, 0.4) is 0 Å². The van der Waals surface area contributed by atoms with E-state index >= 15 is 0 Å². The smallest absolute Gasteiger partial charge is 0.0954 e. The molecule has 0 saturated carbocycles. The lowest BCUT2D eigenvalue weighted by Gasteiger charge is -2.08. The number of unbranched alkanes of at least 4 members (excludes halogenated alkanes) is 5. The van der Waals surface area contributed by atoms with E-state index < -0.39 is 0 Å². The number of nitrogens with zero attached hydrogens (tertiary/aromatic N) is 1. The molecule has 1 aliphatic heterocycles. The summed E-state index contributed by atoms with van der Waals surface area (Å²) in [4.78, 5) is 4.56. The topological polar surface area (TPSA) is 12.4 Å². The Morgan fingerprint density at radius 2 is 1.80 bits per heavy atom. The third-order valence-electron chi connectivity index (χ3n) is 2.96. The van der Waals surface area contributed by atoms with Crippen LogP contribution in [0.4, 0.5) is 0 Å². The largest absolute Gasteiger partial charge is 0.282 e. The summed E-state index contributed by atoms with van der Waals surface area (Å²) in [6.07, 6.45) is 13.1. The van der Waals surface area contributed by atoms with E-state index in [4.69, 9.17) is 0 Å². The number of aliphatic imine (C=N–C) groups is 1. The highest BCUT2D eigenvalue weighted by atomic mass is 32.2. The molecule has 1 aliphatic rings. The molecule has 0 aromatic heterocycles. The first-order valence-corrected chi connectivity index (χ1v) is 7.49. The van der Waals surface area contributed by atoms with Crippen LogP contribution >= 0.6 is 11.8 Å². The van der Waals surface area contributed by atoms with Crippen molar-refractivity contribution >= 4 is 18.0 Å². The molecule has 0 fully saturated rings. The molecule has 1 rings (SSSR count). The second kappa shape index (κ2) is 8.20. The van der Waals surface area contributed by atoms with Crippen molar-refractivity contribution in [3.8, 4) is 0 Å². The molecule has 0 radical (unpaired) electrons. The summed E-state index contributed by atoms with van der Waals surface area (Å²) in [5.41, 5.74) is 0. The molecule has 0 bridgehead atoms. The Kier molecular flexibility index (Phi) is 7.16. The van der Waals surface area contributed by atoms with E-state index in [9.17, 15) is 0 Å². The van der Waals surface area contributed by atoms with Crippen molar-refractivity contribution in [2.45, 2.75) is 75.8 Å². The Labute approximate surface area is 99.1 Å². The molecular weight excluding hydrogens is 202 g/mol. The lowest BCUT2D eigenvalue weighted by Crippen LogP contribution is -1.99. The molecule has 0 N–H and O–H groups in total. The summed E-state index contributed by atoms with van der Waals surface area (Å²) >= 11 is 2.06. The standard InChI is InChI=1S/C13H25NS/c1-3-5-6-7-8-9-10-13-14-11-12(4-2)15-13/h11-13H,3-10H2,1-2H3. The quantitative estimate of drug-likeness (QED) is 0.549. The van der Waals surface area contributed by atoms with Crippen LogP contribution in [0.25, 0.3) is 0 Å². The van der Waals surface area contributed by atoms with E-state index in [1.807, 2.05) is 0 Å². The average Bonchev–Trinajstić information content (AvgIpc) is 2.71. The van der Waals surface area contributed by atoms with Gasteiger partial charge in [0.1, 0.15) is 0 Å². The summed E-state index contributed by atoms with van der Waals surface area (Å²) in [5.74, 6) is 0. The molecule has 0 aromatic rings. The number of hydrogen-bond acceptors (Lipinski definition) is 2. The van der Waals surface area contributed by atoms with E-state index in [1.165, 1.54) is 51.4 Å². The Balaban J connectivity index is 1.91. The van der Waals surface area contributed by atoms with Crippen LogP contribution in [0.2, 0.25) is 0 Å². The first-order valence-electron chi connectivity index (χ1n) is 6.55. The van der Waals surface area contributed by atoms with Gasteiger partial charge in [0.25, 0.3) is 0 Å². The van der Waals surface area contributed by atoms with Gasteiger partial charge in [-0.1, -0.05) is 52.4 Å². The van der Waals surface area contributed by atoms with Crippen LogP contribution in [-0.4, -0.2) is 16.8 Å². The minimum atomic E-state index is 0.584. The van der Waals surface area contributed by atoms with Gasteiger partial charge in [-0.2, -0.15) is 0 Å². The average molecular weight is 227 g/mol. The molecule has 0 aromatic carbocycles. The molecule has 0 saturated heterocycles. The summed E-state index contributed by atoms with van der Waals surface area (Å²) in [6.45, 7) is 4.52. The molecule has 1 heterocycles. The molecule has 2 atom stereocenters. The zero-order valence-electron chi connectivity index (χ0n) is 10.2. The first-order chi connectivity index (χ1) is 7.36. The first kappa shape index (κ1) is 13.1. The van der Waals surface area contributed by atoms with Gasteiger partial charge in [-0.15, -0.1) is 11.8 Å². The number of hydrogen-bond donors (Lipinski definition) is 0. The van der Waals surface area contributed by atoms with Gasteiger partial charge < -0.3 is 0 Å². The highest BCUT2D eigenvalue weighted by Gasteiger charge is 2.18. The lowest BCUT2D eigenvalue weighted by atomic mass is 10.1. The summed E-state index contributed by atoms with van der Waals surface area (Å²) in [7, 11) is 0. The van der Waals surface area contributed by atoms with Crippen LogP contribution in [0.5, 0.6) is 0 Å². The fourth-order valence-corrected chi connectivity index (χ4v) is 3.09. The molecule has 0 aliphatic carbocycles. The van der Waals surface area contributed by atoms with Gasteiger partial charge in [0.05, 0.1) is 5.37 Å². The van der Waals surface area contributed by atoms with E-state index in [-0.39, 0.29) is 0 Å². The summed E-state index contributed by atoms with van der Waals surface area (Å²) in [6, 6.07) is 0. The van der Waals surface area contributed by atoms with Gasteiger partial charge in [0.2, 0.25) is 0 Å². The summed E-state index contributed by atoms with van der Waals surface area (Å²) in [5, 5.41) is 1.29. The maximum atomic E-state index is 4.56. The van der Waals surface area contributed by atoms with Crippen molar-refractivity contribution in [1.82, 2.24) is 0 Å². The zero-order valence-corrected chi connectivity index (χ0v) is 11.1. The van der Waals surface area contributed by atoms with E-state index in [1.54, 1.807) is 0 Å². The minimum Gasteiger partial charge on any atom is -0.282 e. The van der Waals surface area contributed by atoms with E-state index in [2.05, 4.69) is 36.8 Å². The van der Waals surface area contributed by atoms with Crippen molar-refractivity contribution in [3.05, 3.63) is 0 Å². The third-order valence-corrected chi connectivity index (χ3v) is 4.43. The van der Waals surface area contributed by atoms with Crippen molar-refractivity contribution in [1.29, 1.82) is 0 Å². The van der Waals surface area contributed by atoms with Crippen molar-refractivity contribution in [2.75, 3.05) is 0 Å². The molecule has 0 amide bonds. The van der Waals surface area contributed by atoms with E-state index in [0.29, 0.717) is 10.6 Å². The van der Waals surface area contributed by atoms with Crippen LogP contribution in [0.1, 0.15) is 65.2 Å². The van der Waals surface area contributed by atoms with Gasteiger partial charge in [-0.3, -0.25) is 4.99 Å². The number of thioether (sulfide) groups is 1. The minimum absolute atomic E-state index is 0.584. The Morgan fingerprint density at radius 3 is 2.47 bits per heavy atom. The van der Waals surface area contributed by atoms with Crippen LogP contribution < -0.4 is 0 Å². The molecule has 1 nitrogen and oxygen atoms in total. The Hall–Kier alpha value is 0.0200. The van der Waals surface area contributed by atoms with Gasteiger partial charge >= 0.3 is 0 Å². The highest BCUT2D eigenvalue weighted by Crippen LogP contribution is 2.29. The molecule has 2 unspecified atom stereocenters. The maximum Gasteiger partial charge on any atom is 0.0954 e. The predicted octanol–water partition coefficient (Wildman–Crippen LogP) is 4.66. The van der Waals surface area contributed by atoms with Gasteiger partial charge in [-0.05, 0) is 12.8 Å².